The Morgan fingerprint density at radius 2 is 2.23 bits per heavy atom. The van der Waals surface area contributed by atoms with Crippen molar-refractivity contribution in [2.24, 2.45) is 0 Å². The first kappa shape index (κ1) is 8.19. The Hall–Kier alpha value is -1.42. The van der Waals surface area contributed by atoms with Gasteiger partial charge in [-0.1, -0.05) is 17.4 Å². The molecule has 0 aliphatic carbocycles. The van der Waals surface area contributed by atoms with E-state index in [1.807, 2.05) is 6.07 Å². The summed E-state index contributed by atoms with van der Waals surface area (Å²) in [7, 11) is 1.57. The Bertz CT molecular complexity index is 450. The topological polar surface area (TPSA) is 55.5 Å². The highest BCUT2D eigenvalue weighted by Gasteiger charge is 2.11. The smallest absolute Gasteiger partial charge is 0.198 e. The van der Waals surface area contributed by atoms with Gasteiger partial charge in [0.2, 0.25) is 0 Å². The van der Waals surface area contributed by atoms with Crippen LogP contribution in [0.3, 0.4) is 0 Å². The Labute approximate surface area is 79.4 Å². The van der Waals surface area contributed by atoms with Crippen molar-refractivity contribution in [3.63, 3.8) is 0 Å². The number of aromatic hydroxyl groups is 1. The molecule has 0 amide bonds. The monoisotopic (exact) mass is 195 g/mol. The SMILES string of the molecule is COc1sc2cccc(O)c2c1N. The van der Waals surface area contributed by atoms with Crippen molar-refractivity contribution in [1.82, 2.24) is 0 Å². The van der Waals surface area contributed by atoms with Crippen molar-refractivity contribution in [3.05, 3.63) is 18.2 Å². The van der Waals surface area contributed by atoms with Gasteiger partial charge in [0.25, 0.3) is 0 Å². The van der Waals surface area contributed by atoms with Crippen LogP contribution >= 0.6 is 11.3 Å². The Morgan fingerprint density at radius 3 is 2.85 bits per heavy atom. The quantitative estimate of drug-likeness (QED) is 0.733. The van der Waals surface area contributed by atoms with Crippen LogP contribution in [0.2, 0.25) is 0 Å². The number of hydrogen-bond acceptors (Lipinski definition) is 4. The molecule has 0 aliphatic rings. The third-order valence-electron chi connectivity index (χ3n) is 1.88. The van der Waals surface area contributed by atoms with Crippen molar-refractivity contribution in [3.8, 4) is 10.8 Å². The van der Waals surface area contributed by atoms with E-state index in [0.717, 1.165) is 4.70 Å². The lowest BCUT2D eigenvalue weighted by Gasteiger charge is -1.96. The molecule has 68 valence electrons. The highest BCUT2D eigenvalue weighted by Crippen LogP contribution is 2.43. The first-order chi connectivity index (χ1) is 6.24. The second-order valence-corrected chi connectivity index (χ2v) is 3.67. The van der Waals surface area contributed by atoms with Crippen LogP contribution in [0.25, 0.3) is 10.1 Å². The zero-order chi connectivity index (χ0) is 9.42. The maximum Gasteiger partial charge on any atom is 0.198 e. The van der Waals surface area contributed by atoms with E-state index in [4.69, 9.17) is 10.5 Å². The summed E-state index contributed by atoms with van der Waals surface area (Å²) in [5, 5.41) is 10.9. The number of rotatable bonds is 1. The van der Waals surface area contributed by atoms with Crippen LogP contribution < -0.4 is 10.5 Å². The second kappa shape index (κ2) is 2.81. The molecule has 3 N–H and O–H groups in total. The van der Waals surface area contributed by atoms with E-state index in [1.54, 1.807) is 19.2 Å². The van der Waals surface area contributed by atoms with E-state index >= 15 is 0 Å². The van der Waals surface area contributed by atoms with Crippen molar-refractivity contribution >= 4 is 27.1 Å². The van der Waals surface area contributed by atoms with Gasteiger partial charge in [0, 0.05) is 4.70 Å². The number of nitrogen functional groups attached to an aromatic ring is 1. The number of phenolic OH excluding ortho intramolecular Hbond substituents is 1. The van der Waals surface area contributed by atoms with Crippen LogP contribution in [0.4, 0.5) is 5.69 Å². The van der Waals surface area contributed by atoms with Crippen LogP contribution in [0, 0.1) is 0 Å². The third-order valence-corrected chi connectivity index (χ3v) is 3.01. The predicted molar refractivity (Wildman–Crippen MR) is 54.5 cm³/mol. The maximum absolute atomic E-state index is 9.53. The lowest BCUT2D eigenvalue weighted by molar-refractivity contribution is 0.429. The van der Waals surface area contributed by atoms with Crippen molar-refractivity contribution in [2.75, 3.05) is 12.8 Å². The van der Waals surface area contributed by atoms with Gasteiger partial charge in [-0.05, 0) is 12.1 Å². The molecule has 13 heavy (non-hydrogen) atoms. The number of hydrogen-bond donors (Lipinski definition) is 2. The first-order valence-corrected chi connectivity index (χ1v) is 4.59. The molecule has 0 aliphatic heterocycles. The summed E-state index contributed by atoms with van der Waals surface area (Å²) < 4.78 is 6.01. The van der Waals surface area contributed by atoms with Crippen LogP contribution in [-0.4, -0.2) is 12.2 Å². The summed E-state index contributed by atoms with van der Waals surface area (Å²) in [6.07, 6.45) is 0. The molecule has 0 saturated heterocycles. The lowest BCUT2D eigenvalue weighted by Crippen LogP contribution is -1.86. The zero-order valence-corrected chi connectivity index (χ0v) is 7.89. The molecule has 0 atom stereocenters. The van der Waals surface area contributed by atoms with Crippen LogP contribution in [-0.2, 0) is 0 Å². The molecule has 1 aromatic carbocycles. The fourth-order valence-electron chi connectivity index (χ4n) is 1.28. The number of phenols is 1. The van der Waals surface area contributed by atoms with Crippen molar-refractivity contribution < 1.29 is 9.84 Å². The minimum Gasteiger partial charge on any atom is -0.507 e. The molecule has 0 unspecified atom stereocenters. The molecule has 1 heterocycles. The fraction of sp³-hybridized carbons (Fsp3) is 0.111. The minimum atomic E-state index is 0.203. The van der Waals surface area contributed by atoms with Crippen LogP contribution in [0.5, 0.6) is 10.8 Å². The normalized spacial score (nSPS) is 10.5. The molecule has 0 radical (unpaired) electrons. The largest absolute Gasteiger partial charge is 0.507 e. The van der Waals surface area contributed by atoms with Gasteiger partial charge >= 0.3 is 0 Å². The number of ether oxygens (including phenoxy) is 1. The lowest BCUT2D eigenvalue weighted by atomic mass is 10.2. The van der Waals surface area contributed by atoms with Gasteiger partial charge in [0.1, 0.15) is 5.75 Å². The number of nitrogens with two attached hydrogens (primary N) is 1. The summed E-state index contributed by atoms with van der Waals surface area (Å²) in [6.45, 7) is 0. The van der Waals surface area contributed by atoms with Gasteiger partial charge in [0.15, 0.2) is 5.06 Å². The number of fused-ring (bicyclic) bond motifs is 1. The van der Waals surface area contributed by atoms with Crippen LogP contribution in [0.1, 0.15) is 0 Å². The van der Waals surface area contributed by atoms with E-state index in [9.17, 15) is 5.11 Å². The first-order valence-electron chi connectivity index (χ1n) is 3.78. The number of methoxy groups -OCH3 is 1. The molecule has 1 aromatic heterocycles. The van der Waals surface area contributed by atoms with Gasteiger partial charge in [-0.25, -0.2) is 0 Å². The number of anilines is 1. The Balaban J connectivity index is 2.85. The van der Waals surface area contributed by atoms with Gasteiger partial charge in [-0.15, -0.1) is 0 Å². The summed E-state index contributed by atoms with van der Waals surface area (Å²) in [5.74, 6) is 0.203. The molecule has 0 spiro atoms. The molecular formula is C9H9NO2S. The Kier molecular flexibility index (Phi) is 1.77. The molecule has 0 fully saturated rings. The van der Waals surface area contributed by atoms with Gasteiger partial charge < -0.3 is 15.6 Å². The average molecular weight is 195 g/mol. The van der Waals surface area contributed by atoms with E-state index in [2.05, 4.69) is 0 Å². The summed E-state index contributed by atoms with van der Waals surface area (Å²) in [5.41, 5.74) is 6.29. The molecule has 3 nitrogen and oxygen atoms in total. The van der Waals surface area contributed by atoms with E-state index in [1.165, 1.54) is 11.3 Å². The number of thiophene rings is 1. The molecule has 2 aromatic rings. The van der Waals surface area contributed by atoms with Gasteiger partial charge in [0.05, 0.1) is 18.2 Å². The van der Waals surface area contributed by atoms with E-state index < -0.39 is 0 Å². The maximum atomic E-state index is 9.53. The van der Waals surface area contributed by atoms with Crippen LogP contribution in [0.15, 0.2) is 18.2 Å². The minimum absolute atomic E-state index is 0.203. The highest BCUT2D eigenvalue weighted by atomic mass is 32.1. The summed E-state index contributed by atoms with van der Waals surface area (Å²) >= 11 is 1.43. The Morgan fingerprint density at radius 1 is 1.46 bits per heavy atom. The van der Waals surface area contributed by atoms with Crippen molar-refractivity contribution in [1.29, 1.82) is 0 Å². The second-order valence-electron chi connectivity index (χ2n) is 2.66. The molecule has 2 rings (SSSR count). The molecule has 4 heteroatoms. The third kappa shape index (κ3) is 1.10. The van der Waals surface area contributed by atoms with E-state index in [0.29, 0.717) is 16.1 Å². The van der Waals surface area contributed by atoms with Gasteiger partial charge in [-0.2, -0.15) is 0 Å². The predicted octanol–water partition coefficient (Wildman–Crippen LogP) is 2.20. The fourth-order valence-corrected chi connectivity index (χ4v) is 2.24. The van der Waals surface area contributed by atoms with E-state index in [-0.39, 0.29) is 5.75 Å². The number of benzene rings is 1. The standard InChI is InChI=1S/C9H9NO2S/c1-12-9-8(10)7-5(11)3-2-4-6(7)13-9/h2-4,11H,10H2,1H3. The van der Waals surface area contributed by atoms with Crippen molar-refractivity contribution in [2.45, 2.75) is 0 Å². The molecule has 0 bridgehead atoms. The van der Waals surface area contributed by atoms with Gasteiger partial charge in [-0.3, -0.25) is 0 Å². The highest BCUT2D eigenvalue weighted by molar-refractivity contribution is 7.21. The average Bonchev–Trinajstić information content (AvgIpc) is 2.44. The molecule has 0 saturated carbocycles. The zero-order valence-electron chi connectivity index (χ0n) is 7.07. The molecular weight excluding hydrogens is 186 g/mol. The summed E-state index contributed by atoms with van der Waals surface area (Å²) in [4.78, 5) is 0. The summed E-state index contributed by atoms with van der Waals surface area (Å²) in [6, 6.07) is 5.30.